The van der Waals surface area contributed by atoms with Crippen LogP contribution in [0.25, 0.3) is 6.08 Å². The van der Waals surface area contributed by atoms with Gasteiger partial charge in [-0.1, -0.05) is 72.8 Å². The fraction of sp³-hybridized carbons (Fsp3) is 0.150. The van der Waals surface area contributed by atoms with Gasteiger partial charge in [-0.15, -0.1) is 0 Å². The van der Waals surface area contributed by atoms with Crippen molar-refractivity contribution in [2.75, 3.05) is 0 Å². The first-order chi connectivity index (χ1) is 12.0. The number of rotatable bonds is 8. The van der Waals surface area contributed by atoms with E-state index in [1.54, 1.807) is 36.4 Å². The second-order valence-electron chi connectivity index (χ2n) is 5.58. The molecule has 128 valence electrons. The van der Waals surface area contributed by atoms with Gasteiger partial charge < -0.3 is 10.2 Å². The monoisotopic (exact) mass is 338 g/mol. The van der Waals surface area contributed by atoms with Crippen LogP contribution in [0, 0.1) is 11.8 Å². The standard InChI is InChI=1S/C20H18O5/c21-17(15-9-5-2-6-10-15)13-16(18(19(22)23)20(24)25)12-11-14-7-3-1-4-8-14/h1-12,16,18H,13H2,(H,22,23)(H,24,25). The largest absolute Gasteiger partial charge is 0.481 e. The Morgan fingerprint density at radius 2 is 1.36 bits per heavy atom. The summed E-state index contributed by atoms with van der Waals surface area (Å²) >= 11 is 0. The van der Waals surface area contributed by atoms with Gasteiger partial charge in [0, 0.05) is 17.9 Å². The summed E-state index contributed by atoms with van der Waals surface area (Å²) in [6.45, 7) is 0. The predicted octanol–water partition coefficient (Wildman–Crippen LogP) is 3.37. The molecule has 25 heavy (non-hydrogen) atoms. The van der Waals surface area contributed by atoms with Crippen molar-refractivity contribution in [3.05, 3.63) is 77.9 Å². The van der Waals surface area contributed by atoms with Gasteiger partial charge in [-0.3, -0.25) is 14.4 Å². The number of ketones is 1. The molecule has 0 aliphatic carbocycles. The number of hydrogen-bond donors (Lipinski definition) is 2. The van der Waals surface area contributed by atoms with E-state index in [-0.39, 0.29) is 12.2 Å². The molecule has 2 aromatic carbocycles. The number of Topliss-reactive ketones (excluding diaryl/α,β-unsaturated/α-hetero) is 1. The minimum atomic E-state index is -1.69. The summed E-state index contributed by atoms with van der Waals surface area (Å²) in [5.74, 6) is -5.86. The summed E-state index contributed by atoms with van der Waals surface area (Å²) in [5, 5.41) is 18.5. The van der Waals surface area contributed by atoms with Gasteiger partial charge in [-0.05, 0) is 5.56 Å². The molecule has 2 aromatic rings. The van der Waals surface area contributed by atoms with Crippen LogP contribution in [-0.2, 0) is 9.59 Å². The van der Waals surface area contributed by atoms with Gasteiger partial charge in [0.1, 0.15) is 0 Å². The molecule has 0 amide bonds. The van der Waals surface area contributed by atoms with E-state index in [9.17, 15) is 24.6 Å². The van der Waals surface area contributed by atoms with Crippen molar-refractivity contribution >= 4 is 23.8 Å². The van der Waals surface area contributed by atoms with Crippen LogP contribution in [0.3, 0.4) is 0 Å². The summed E-state index contributed by atoms with van der Waals surface area (Å²) < 4.78 is 0. The Balaban J connectivity index is 2.28. The van der Waals surface area contributed by atoms with Crippen LogP contribution >= 0.6 is 0 Å². The average molecular weight is 338 g/mol. The molecule has 0 spiro atoms. The number of carboxylic acid groups (broad SMARTS) is 2. The first kappa shape index (κ1) is 18.1. The molecule has 0 heterocycles. The Labute approximate surface area is 145 Å². The van der Waals surface area contributed by atoms with Crippen molar-refractivity contribution in [2.45, 2.75) is 6.42 Å². The molecule has 1 unspecified atom stereocenters. The number of carboxylic acids is 2. The molecule has 5 nitrogen and oxygen atoms in total. The fourth-order valence-corrected chi connectivity index (χ4v) is 2.52. The molecular formula is C20H18O5. The third-order valence-electron chi connectivity index (χ3n) is 3.81. The van der Waals surface area contributed by atoms with E-state index < -0.39 is 23.8 Å². The number of hydrogen-bond acceptors (Lipinski definition) is 3. The zero-order valence-electron chi connectivity index (χ0n) is 13.4. The Bertz CT molecular complexity index is 751. The van der Waals surface area contributed by atoms with Crippen LogP contribution in [0.2, 0.25) is 0 Å². The molecule has 0 radical (unpaired) electrons. The molecule has 0 saturated carbocycles. The van der Waals surface area contributed by atoms with E-state index >= 15 is 0 Å². The molecule has 0 aromatic heterocycles. The lowest BCUT2D eigenvalue weighted by atomic mass is 9.85. The number of carbonyl (C=O) groups excluding carboxylic acids is 1. The summed E-state index contributed by atoms with van der Waals surface area (Å²) in [6.07, 6.45) is 2.93. The van der Waals surface area contributed by atoms with E-state index in [1.807, 2.05) is 30.3 Å². The molecule has 1 atom stereocenters. The highest BCUT2D eigenvalue weighted by Crippen LogP contribution is 2.23. The first-order valence-electron chi connectivity index (χ1n) is 7.76. The van der Waals surface area contributed by atoms with Crippen molar-refractivity contribution < 1.29 is 24.6 Å². The van der Waals surface area contributed by atoms with E-state index in [1.165, 1.54) is 6.08 Å². The minimum Gasteiger partial charge on any atom is -0.481 e. The third-order valence-corrected chi connectivity index (χ3v) is 3.81. The molecule has 0 aliphatic heterocycles. The zero-order valence-corrected chi connectivity index (χ0v) is 13.4. The van der Waals surface area contributed by atoms with Gasteiger partial charge >= 0.3 is 11.9 Å². The Morgan fingerprint density at radius 1 is 0.840 bits per heavy atom. The van der Waals surface area contributed by atoms with Crippen molar-refractivity contribution in [1.29, 1.82) is 0 Å². The molecule has 5 heteroatoms. The Kier molecular flexibility index (Phi) is 6.23. The lowest BCUT2D eigenvalue weighted by Crippen LogP contribution is -2.31. The normalized spacial score (nSPS) is 12.2. The van der Waals surface area contributed by atoms with Gasteiger partial charge in [0.05, 0.1) is 0 Å². The van der Waals surface area contributed by atoms with Crippen molar-refractivity contribution in [3.8, 4) is 0 Å². The number of carbonyl (C=O) groups is 3. The minimum absolute atomic E-state index is 0.198. The second kappa shape index (κ2) is 8.59. The smallest absolute Gasteiger partial charge is 0.318 e. The topological polar surface area (TPSA) is 91.7 Å². The van der Waals surface area contributed by atoms with Gasteiger partial charge in [-0.25, -0.2) is 0 Å². The Hall–Kier alpha value is -3.21. The fourth-order valence-electron chi connectivity index (χ4n) is 2.52. The molecule has 0 bridgehead atoms. The highest BCUT2D eigenvalue weighted by molar-refractivity contribution is 5.98. The first-order valence-corrected chi connectivity index (χ1v) is 7.76. The lowest BCUT2D eigenvalue weighted by molar-refractivity contribution is -0.156. The molecule has 2 rings (SSSR count). The number of benzene rings is 2. The Morgan fingerprint density at radius 3 is 1.88 bits per heavy atom. The average Bonchev–Trinajstić information content (AvgIpc) is 2.60. The molecule has 0 fully saturated rings. The maximum Gasteiger partial charge on any atom is 0.318 e. The number of allylic oxidation sites excluding steroid dienone is 1. The van der Waals surface area contributed by atoms with Crippen LogP contribution in [0.5, 0.6) is 0 Å². The highest BCUT2D eigenvalue weighted by Gasteiger charge is 2.34. The summed E-state index contributed by atoms with van der Waals surface area (Å²) in [4.78, 5) is 35.2. The van der Waals surface area contributed by atoms with Crippen LogP contribution in [0.4, 0.5) is 0 Å². The van der Waals surface area contributed by atoms with E-state index in [0.717, 1.165) is 5.56 Å². The summed E-state index contributed by atoms with van der Waals surface area (Å²) in [6, 6.07) is 17.5. The van der Waals surface area contributed by atoms with Crippen molar-refractivity contribution in [1.82, 2.24) is 0 Å². The van der Waals surface area contributed by atoms with Gasteiger partial charge in [-0.2, -0.15) is 0 Å². The van der Waals surface area contributed by atoms with Crippen LogP contribution in [0.1, 0.15) is 22.3 Å². The lowest BCUT2D eigenvalue weighted by Gasteiger charge is -2.17. The second-order valence-corrected chi connectivity index (χ2v) is 5.58. The maximum absolute atomic E-state index is 12.4. The molecular weight excluding hydrogens is 320 g/mol. The van der Waals surface area contributed by atoms with Crippen molar-refractivity contribution in [3.63, 3.8) is 0 Å². The zero-order chi connectivity index (χ0) is 18.2. The molecule has 0 aliphatic rings. The quantitative estimate of drug-likeness (QED) is 0.569. The van der Waals surface area contributed by atoms with Gasteiger partial charge in [0.25, 0.3) is 0 Å². The van der Waals surface area contributed by atoms with Crippen LogP contribution < -0.4 is 0 Å². The highest BCUT2D eigenvalue weighted by atomic mass is 16.4. The number of aliphatic carboxylic acids is 2. The van der Waals surface area contributed by atoms with Gasteiger partial charge in [0.2, 0.25) is 0 Å². The van der Waals surface area contributed by atoms with Crippen LogP contribution in [0.15, 0.2) is 66.7 Å². The van der Waals surface area contributed by atoms with Crippen molar-refractivity contribution in [2.24, 2.45) is 11.8 Å². The van der Waals surface area contributed by atoms with Crippen LogP contribution in [-0.4, -0.2) is 27.9 Å². The summed E-state index contributed by atoms with van der Waals surface area (Å²) in [7, 11) is 0. The van der Waals surface area contributed by atoms with E-state index in [2.05, 4.69) is 0 Å². The van der Waals surface area contributed by atoms with Gasteiger partial charge in [0.15, 0.2) is 11.7 Å². The molecule has 0 saturated heterocycles. The molecule has 2 N–H and O–H groups in total. The van der Waals surface area contributed by atoms with E-state index in [0.29, 0.717) is 5.56 Å². The van der Waals surface area contributed by atoms with E-state index in [4.69, 9.17) is 0 Å². The SMILES string of the molecule is O=C(CC(C=Cc1ccccc1)C(C(=O)O)C(=O)O)c1ccccc1. The maximum atomic E-state index is 12.4. The third kappa shape index (κ3) is 5.14. The summed E-state index contributed by atoms with van der Waals surface area (Å²) in [5.41, 5.74) is 1.23. The predicted molar refractivity (Wildman–Crippen MR) is 93.1 cm³/mol.